The van der Waals surface area contributed by atoms with Gasteiger partial charge in [0.2, 0.25) is 0 Å². The number of rotatable bonds is 0. The van der Waals surface area contributed by atoms with Crippen LogP contribution < -0.4 is 5.32 Å². The molecule has 3 saturated heterocycles. The monoisotopic (exact) mass is 182 g/mol. The van der Waals surface area contributed by atoms with Gasteiger partial charge in [-0.05, 0) is 51.0 Å². The van der Waals surface area contributed by atoms with E-state index < -0.39 is 0 Å². The zero-order chi connectivity index (χ0) is 9.05. The summed E-state index contributed by atoms with van der Waals surface area (Å²) in [6.07, 6.45) is 5.12. The molecule has 1 aliphatic carbocycles. The predicted molar refractivity (Wildman–Crippen MR) is 49.3 cm³/mol. The fourth-order valence-corrected chi connectivity index (χ4v) is 3.75. The summed E-state index contributed by atoms with van der Waals surface area (Å²) in [5.74, 6) is 1.65. The second kappa shape index (κ2) is 2.47. The number of hydroxylamine groups is 2. The largest absolute Gasteiger partial charge is 0.312 e. The first-order valence-corrected chi connectivity index (χ1v) is 5.39. The molecular formula is C10H18N2O. The van der Waals surface area contributed by atoms with Gasteiger partial charge in [-0.3, -0.25) is 5.32 Å². The first kappa shape index (κ1) is 8.21. The zero-order valence-corrected chi connectivity index (χ0v) is 8.16. The van der Waals surface area contributed by atoms with Crippen LogP contribution in [0.2, 0.25) is 0 Å². The molecule has 0 aromatic carbocycles. The van der Waals surface area contributed by atoms with Crippen molar-refractivity contribution in [2.45, 2.75) is 44.3 Å². The molecule has 0 aromatic rings. The highest BCUT2D eigenvalue weighted by Crippen LogP contribution is 2.47. The van der Waals surface area contributed by atoms with Gasteiger partial charge in [0.25, 0.3) is 0 Å². The highest BCUT2D eigenvalue weighted by Gasteiger charge is 2.50. The molecule has 13 heavy (non-hydrogen) atoms. The van der Waals surface area contributed by atoms with Crippen molar-refractivity contribution in [2.24, 2.45) is 11.8 Å². The Hall–Kier alpha value is -0.120. The lowest BCUT2D eigenvalue weighted by atomic mass is 9.68. The Kier molecular flexibility index (Phi) is 1.56. The van der Waals surface area contributed by atoms with Crippen LogP contribution in [0, 0.1) is 11.8 Å². The van der Waals surface area contributed by atoms with Gasteiger partial charge in [-0.15, -0.1) is 0 Å². The van der Waals surface area contributed by atoms with Crippen LogP contribution in [0.4, 0.5) is 0 Å². The highest BCUT2D eigenvalue weighted by molar-refractivity contribution is 5.01. The summed E-state index contributed by atoms with van der Waals surface area (Å²) in [5.41, 5.74) is 0.0694. The van der Waals surface area contributed by atoms with E-state index in [9.17, 15) is 5.21 Å². The Balaban J connectivity index is 1.99. The molecule has 0 spiro atoms. The maximum atomic E-state index is 10.0. The third-order valence-electron chi connectivity index (χ3n) is 4.17. The highest BCUT2D eigenvalue weighted by atomic mass is 16.5. The lowest BCUT2D eigenvalue weighted by Gasteiger charge is -2.50. The second-order valence-corrected chi connectivity index (χ2v) is 5.38. The zero-order valence-electron chi connectivity index (χ0n) is 8.16. The van der Waals surface area contributed by atoms with E-state index in [-0.39, 0.29) is 11.7 Å². The van der Waals surface area contributed by atoms with Crippen LogP contribution >= 0.6 is 0 Å². The molecule has 4 atom stereocenters. The molecule has 4 bridgehead atoms. The summed E-state index contributed by atoms with van der Waals surface area (Å²) in [4.78, 5) is 0. The molecule has 4 rings (SSSR count). The molecular weight excluding hydrogens is 164 g/mol. The second-order valence-electron chi connectivity index (χ2n) is 5.38. The Morgan fingerprint density at radius 1 is 1.31 bits per heavy atom. The SMILES string of the molecule is CC12C[C@@H]3CNC(C[C@@H](C3)C1)N2O. The van der Waals surface area contributed by atoms with Gasteiger partial charge in [0.15, 0.2) is 0 Å². The summed E-state index contributed by atoms with van der Waals surface area (Å²) in [7, 11) is 0. The average molecular weight is 182 g/mol. The topological polar surface area (TPSA) is 35.5 Å². The quantitative estimate of drug-likeness (QED) is 0.590. The van der Waals surface area contributed by atoms with Crippen LogP contribution in [0.3, 0.4) is 0 Å². The van der Waals surface area contributed by atoms with Crippen LogP contribution in [-0.4, -0.2) is 28.5 Å². The van der Waals surface area contributed by atoms with Gasteiger partial charge in [-0.2, -0.15) is 5.06 Å². The minimum atomic E-state index is 0.0694. The molecule has 3 aliphatic heterocycles. The summed E-state index contributed by atoms with van der Waals surface area (Å²) in [6, 6.07) is 0. The van der Waals surface area contributed by atoms with Crippen LogP contribution in [0.1, 0.15) is 32.6 Å². The smallest absolute Gasteiger partial charge is 0.0849 e. The normalized spacial score (nSPS) is 55.4. The lowest BCUT2D eigenvalue weighted by molar-refractivity contribution is -0.237. The summed E-state index contributed by atoms with van der Waals surface area (Å²) < 4.78 is 0. The van der Waals surface area contributed by atoms with Gasteiger partial charge in [-0.25, -0.2) is 0 Å². The Labute approximate surface area is 79.1 Å². The summed E-state index contributed by atoms with van der Waals surface area (Å²) in [5, 5.41) is 15.1. The molecule has 2 unspecified atom stereocenters. The van der Waals surface area contributed by atoms with Crippen molar-refractivity contribution in [1.82, 2.24) is 10.4 Å². The first-order valence-electron chi connectivity index (χ1n) is 5.39. The van der Waals surface area contributed by atoms with Crippen LogP contribution in [0.25, 0.3) is 0 Å². The van der Waals surface area contributed by atoms with Gasteiger partial charge in [0.05, 0.1) is 6.17 Å². The molecule has 4 fully saturated rings. The Bertz CT molecular complexity index is 233. The number of piperidine rings is 1. The van der Waals surface area contributed by atoms with Crippen LogP contribution in [0.15, 0.2) is 0 Å². The Morgan fingerprint density at radius 2 is 2.08 bits per heavy atom. The van der Waals surface area contributed by atoms with Crippen molar-refractivity contribution >= 4 is 0 Å². The molecule has 2 N–H and O–H groups in total. The van der Waals surface area contributed by atoms with E-state index in [1.807, 2.05) is 0 Å². The minimum absolute atomic E-state index is 0.0694. The third-order valence-corrected chi connectivity index (χ3v) is 4.17. The number of hydrogen-bond acceptors (Lipinski definition) is 3. The minimum Gasteiger partial charge on any atom is -0.312 e. The van der Waals surface area contributed by atoms with Crippen LogP contribution in [-0.2, 0) is 0 Å². The molecule has 3 heteroatoms. The van der Waals surface area contributed by atoms with Gasteiger partial charge >= 0.3 is 0 Å². The fourth-order valence-electron chi connectivity index (χ4n) is 3.75. The van der Waals surface area contributed by atoms with E-state index in [1.165, 1.54) is 19.3 Å². The molecule has 0 aromatic heterocycles. The van der Waals surface area contributed by atoms with E-state index in [2.05, 4.69) is 12.2 Å². The number of fused-ring (bicyclic) bond motifs is 1. The third kappa shape index (κ3) is 1.07. The van der Waals surface area contributed by atoms with Crippen LogP contribution in [0.5, 0.6) is 0 Å². The predicted octanol–water partition coefficient (Wildman–Crippen LogP) is 1.19. The Morgan fingerprint density at radius 3 is 2.92 bits per heavy atom. The molecule has 3 nitrogen and oxygen atoms in total. The summed E-state index contributed by atoms with van der Waals surface area (Å²) in [6.45, 7) is 3.32. The van der Waals surface area contributed by atoms with Crippen molar-refractivity contribution in [3.05, 3.63) is 0 Å². The standard InChI is InChI=1S/C10H18N2O/c1-10-4-7-2-8(5-10)6-11-9(3-7)12(10)13/h7-9,11,13H,2-6H2,1H3/t7-,8-,9?,10?/m1/s1. The fraction of sp³-hybridized carbons (Fsp3) is 1.00. The molecule has 3 heterocycles. The molecule has 74 valence electrons. The van der Waals surface area contributed by atoms with Gasteiger partial charge in [-0.1, -0.05) is 0 Å². The molecule has 4 aliphatic rings. The lowest BCUT2D eigenvalue weighted by Crippen LogP contribution is -2.59. The average Bonchev–Trinajstić information content (AvgIpc) is 2.26. The maximum Gasteiger partial charge on any atom is 0.0849 e. The van der Waals surface area contributed by atoms with E-state index in [0.29, 0.717) is 0 Å². The number of nitrogens with zero attached hydrogens (tertiary/aromatic N) is 1. The van der Waals surface area contributed by atoms with E-state index in [0.717, 1.165) is 24.8 Å². The van der Waals surface area contributed by atoms with Gasteiger partial charge in [0, 0.05) is 5.54 Å². The van der Waals surface area contributed by atoms with E-state index >= 15 is 0 Å². The van der Waals surface area contributed by atoms with E-state index in [1.54, 1.807) is 5.06 Å². The van der Waals surface area contributed by atoms with Gasteiger partial charge < -0.3 is 5.21 Å². The first-order chi connectivity index (χ1) is 6.17. The van der Waals surface area contributed by atoms with Crippen molar-refractivity contribution in [1.29, 1.82) is 0 Å². The van der Waals surface area contributed by atoms with E-state index in [4.69, 9.17) is 0 Å². The van der Waals surface area contributed by atoms with Crippen molar-refractivity contribution < 1.29 is 5.21 Å². The molecule has 1 saturated carbocycles. The number of hydrogen-bond donors (Lipinski definition) is 2. The molecule has 0 amide bonds. The van der Waals surface area contributed by atoms with Crippen molar-refractivity contribution in [2.75, 3.05) is 6.54 Å². The molecule has 0 radical (unpaired) electrons. The van der Waals surface area contributed by atoms with Gasteiger partial charge in [0.1, 0.15) is 0 Å². The maximum absolute atomic E-state index is 10.0. The van der Waals surface area contributed by atoms with Crippen molar-refractivity contribution in [3.8, 4) is 0 Å². The van der Waals surface area contributed by atoms with Crippen molar-refractivity contribution in [3.63, 3.8) is 0 Å². The number of nitrogens with one attached hydrogen (secondary N) is 1. The summed E-state index contributed by atoms with van der Waals surface area (Å²) >= 11 is 0.